The Bertz CT molecular complexity index is 488. The van der Waals surface area contributed by atoms with Crippen LogP contribution in [0.2, 0.25) is 10.0 Å². The molecule has 1 aliphatic heterocycles. The number of benzene rings is 1. The zero-order chi connectivity index (χ0) is 14.0. The summed E-state index contributed by atoms with van der Waals surface area (Å²) in [6, 6.07) is 3.26. The molecule has 1 heterocycles. The van der Waals surface area contributed by atoms with Crippen molar-refractivity contribution in [3.8, 4) is 0 Å². The average Bonchev–Trinajstić information content (AvgIpc) is 2.42. The third-order valence-electron chi connectivity index (χ3n) is 3.34. The van der Waals surface area contributed by atoms with Crippen molar-refractivity contribution in [2.75, 3.05) is 26.0 Å². The highest BCUT2D eigenvalue weighted by atomic mass is 35.5. The van der Waals surface area contributed by atoms with Gasteiger partial charge in [-0.15, -0.1) is 0 Å². The van der Waals surface area contributed by atoms with Crippen molar-refractivity contribution in [2.45, 2.75) is 18.9 Å². The van der Waals surface area contributed by atoms with Crippen LogP contribution >= 0.6 is 23.2 Å². The number of amides is 1. The van der Waals surface area contributed by atoms with E-state index >= 15 is 0 Å². The Kier molecular flexibility index (Phi) is 4.55. The first-order valence-corrected chi connectivity index (χ1v) is 6.85. The number of carbonyl (C=O) groups is 1. The van der Waals surface area contributed by atoms with E-state index in [9.17, 15) is 4.79 Å². The summed E-state index contributed by atoms with van der Waals surface area (Å²) in [6.45, 7) is 1.35. The highest BCUT2D eigenvalue weighted by Gasteiger charge is 2.25. The van der Waals surface area contributed by atoms with E-state index in [0.717, 1.165) is 12.8 Å². The van der Waals surface area contributed by atoms with Crippen LogP contribution in [0.25, 0.3) is 0 Å². The summed E-state index contributed by atoms with van der Waals surface area (Å²) >= 11 is 12.0. The van der Waals surface area contributed by atoms with Crippen molar-refractivity contribution >= 4 is 34.8 Å². The lowest BCUT2D eigenvalue weighted by molar-refractivity contribution is 0.0362. The van der Waals surface area contributed by atoms with Crippen molar-refractivity contribution in [2.24, 2.45) is 0 Å². The van der Waals surface area contributed by atoms with Gasteiger partial charge in [0.25, 0.3) is 5.91 Å². The number of anilines is 1. The number of ether oxygens (including phenoxy) is 1. The molecule has 0 aromatic heterocycles. The van der Waals surface area contributed by atoms with E-state index in [1.54, 1.807) is 18.0 Å². The summed E-state index contributed by atoms with van der Waals surface area (Å²) in [5, 5.41) is 0.546. The molecule has 1 aromatic carbocycles. The van der Waals surface area contributed by atoms with Gasteiger partial charge in [-0.2, -0.15) is 0 Å². The Labute approximate surface area is 122 Å². The van der Waals surface area contributed by atoms with Crippen molar-refractivity contribution in [3.63, 3.8) is 0 Å². The predicted molar refractivity (Wildman–Crippen MR) is 76.8 cm³/mol. The Balaban J connectivity index is 2.23. The van der Waals surface area contributed by atoms with Gasteiger partial charge in [-0.05, 0) is 25.0 Å². The topological polar surface area (TPSA) is 55.6 Å². The standard InChI is InChI=1S/C13H16Cl2N2O2/c1-17(9-2-4-19-5-3-9)13(18)10-6-8(16)7-11(14)12(10)15/h6-7,9H,2-5,16H2,1H3. The molecule has 2 N–H and O–H groups in total. The Morgan fingerprint density at radius 2 is 2.00 bits per heavy atom. The number of nitrogens with zero attached hydrogens (tertiary/aromatic N) is 1. The van der Waals surface area contributed by atoms with Crippen molar-refractivity contribution in [1.29, 1.82) is 0 Å². The minimum atomic E-state index is -0.161. The molecule has 6 heteroatoms. The molecule has 0 saturated carbocycles. The van der Waals surface area contributed by atoms with Gasteiger partial charge in [-0.1, -0.05) is 23.2 Å². The minimum absolute atomic E-state index is 0.161. The second kappa shape index (κ2) is 5.99. The number of nitrogens with two attached hydrogens (primary N) is 1. The monoisotopic (exact) mass is 302 g/mol. The zero-order valence-corrected chi connectivity index (χ0v) is 12.2. The summed E-state index contributed by atoms with van der Waals surface area (Å²) in [6.07, 6.45) is 1.66. The molecule has 19 heavy (non-hydrogen) atoms. The van der Waals surface area contributed by atoms with Gasteiger partial charge in [0.05, 0.1) is 15.6 Å². The van der Waals surface area contributed by atoms with Crippen LogP contribution in [-0.2, 0) is 4.74 Å². The summed E-state index contributed by atoms with van der Waals surface area (Å²) < 4.78 is 5.29. The molecule has 0 spiro atoms. The lowest BCUT2D eigenvalue weighted by Crippen LogP contribution is -2.40. The van der Waals surface area contributed by atoms with Gasteiger partial charge in [-0.25, -0.2) is 0 Å². The number of hydrogen-bond donors (Lipinski definition) is 1. The first-order valence-electron chi connectivity index (χ1n) is 6.10. The number of halogens is 2. The quantitative estimate of drug-likeness (QED) is 0.855. The van der Waals surface area contributed by atoms with E-state index in [1.807, 2.05) is 0 Å². The van der Waals surface area contributed by atoms with Gasteiger partial charge < -0.3 is 15.4 Å². The Morgan fingerprint density at radius 3 is 2.63 bits per heavy atom. The maximum atomic E-state index is 12.5. The maximum absolute atomic E-state index is 12.5. The largest absolute Gasteiger partial charge is 0.399 e. The zero-order valence-electron chi connectivity index (χ0n) is 10.7. The van der Waals surface area contributed by atoms with Gasteiger partial charge in [0.1, 0.15) is 0 Å². The molecule has 104 valence electrons. The first kappa shape index (κ1) is 14.4. The van der Waals surface area contributed by atoms with Crippen LogP contribution in [0, 0.1) is 0 Å². The molecular weight excluding hydrogens is 287 g/mol. The van der Waals surface area contributed by atoms with E-state index < -0.39 is 0 Å². The molecule has 1 amide bonds. The van der Waals surface area contributed by atoms with Crippen molar-refractivity contribution < 1.29 is 9.53 Å². The molecule has 4 nitrogen and oxygen atoms in total. The molecule has 0 bridgehead atoms. The minimum Gasteiger partial charge on any atom is -0.399 e. The van der Waals surface area contributed by atoms with E-state index in [4.69, 9.17) is 33.7 Å². The summed E-state index contributed by atoms with van der Waals surface area (Å²) in [7, 11) is 1.77. The fraction of sp³-hybridized carbons (Fsp3) is 0.462. The van der Waals surface area contributed by atoms with Crippen LogP contribution in [0.3, 0.4) is 0 Å². The first-order chi connectivity index (χ1) is 9.00. The molecule has 1 saturated heterocycles. The molecule has 1 aromatic rings. The van der Waals surface area contributed by atoms with E-state index in [0.29, 0.717) is 29.5 Å². The number of rotatable bonds is 2. The highest BCUT2D eigenvalue weighted by molar-refractivity contribution is 6.44. The molecule has 1 aliphatic rings. The molecule has 0 radical (unpaired) electrons. The van der Waals surface area contributed by atoms with Crippen LogP contribution in [0.4, 0.5) is 5.69 Å². The van der Waals surface area contributed by atoms with Crippen LogP contribution in [0.15, 0.2) is 12.1 Å². The normalized spacial score (nSPS) is 16.4. The van der Waals surface area contributed by atoms with Gasteiger partial charge in [-0.3, -0.25) is 4.79 Å². The summed E-state index contributed by atoms with van der Waals surface area (Å²) in [5.41, 5.74) is 6.49. The molecule has 0 unspecified atom stereocenters. The van der Waals surface area contributed by atoms with E-state index in [1.165, 1.54) is 6.07 Å². The lowest BCUT2D eigenvalue weighted by Gasteiger charge is -2.31. The summed E-state index contributed by atoms with van der Waals surface area (Å²) in [4.78, 5) is 14.1. The van der Waals surface area contributed by atoms with Crippen LogP contribution in [0.5, 0.6) is 0 Å². The lowest BCUT2D eigenvalue weighted by atomic mass is 10.1. The third kappa shape index (κ3) is 3.14. The molecule has 2 rings (SSSR count). The second-order valence-corrected chi connectivity index (χ2v) is 5.41. The molecular formula is C13H16Cl2N2O2. The van der Waals surface area contributed by atoms with Crippen LogP contribution in [0.1, 0.15) is 23.2 Å². The maximum Gasteiger partial charge on any atom is 0.255 e. The van der Waals surface area contributed by atoms with Crippen LogP contribution in [-0.4, -0.2) is 37.1 Å². The third-order valence-corrected chi connectivity index (χ3v) is 4.14. The number of hydrogen-bond acceptors (Lipinski definition) is 3. The second-order valence-electron chi connectivity index (χ2n) is 4.62. The smallest absolute Gasteiger partial charge is 0.255 e. The van der Waals surface area contributed by atoms with Gasteiger partial charge in [0, 0.05) is 32.0 Å². The average molecular weight is 303 g/mol. The Hall–Kier alpha value is -0.970. The number of carbonyl (C=O) groups excluding carboxylic acids is 1. The van der Waals surface area contributed by atoms with Gasteiger partial charge >= 0.3 is 0 Å². The van der Waals surface area contributed by atoms with E-state index in [2.05, 4.69) is 0 Å². The summed E-state index contributed by atoms with van der Waals surface area (Å²) in [5.74, 6) is -0.161. The van der Waals surface area contributed by atoms with Gasteiger partial charge in [0.2, 0.25) is 0 Å². The van der Waals surface area contributed by atoms with Crippen LogP contribution < -0.4 is 5.73 Å². The number of nitrogen functional groups attached to an aromatic ring is 1. The highest BCUT2D eigenvalue weighted by Crippen LogP contribution is 2.30. The Morgan fingerprint density at radius 1 is 1.37 bits per heavy atom. The fourth-order valence-corrected chi connectivity index (χ4v) is 2.61. The van der Waals surface area contributed by atoms with Crippen molar-refractivity contribution in [3.05, 3.63) is 27.7 Å². The SMILES string of the molecule is CN(C(=O)c1cc(N)cc(Cl)c1Cl)C1CCOCC1. The fourth-order valence-electron chi connectivity index (χ4n) is 2.19. The van der Waals surface area contributed by atoms with Gasteiger partial charge in [0.15, 0.2) is 0 Å². The predicted octanol–water partition coefficient (Wildman–Crippen LogP) is 2.83. The molecule has 0 atom stereocenters. The molecule has 0 aliphatic carbocycles. The molecule has 1 fully saturated rings. The van der Waals surface area contributed by atoms with E-state index in [-0.39, 0.29) is 17.0 Å². The van der Waals surface area contributed by atoms with Crippen molar-refractivity contribution in [1.82, 2.24) is 4.90 Å².